The molecule has 1 aromatic heterocycles. The number of nitrogens with one attached hydrogen (secondary N) is 1. The summed E-state index contributed by atoms with van der Waals surface area (Å²) in [4.78, 5) is 8.51. The summed E-state index contributed by atoms with van der Waals surface area (Å²) in [5.74, 6) is 0. The van der Waals surface area contributed by atoms with Crippen LogP contribution >= 0.6 is 11.3 Å². The average molecular weight is 303 g/mol. The van der Waals surface area contributed by atoms with Crippen LogP contribution in [0.4, 0.5) is 10.8 Å². The molecule has 21 heavy (non-hydrogen) atoms. The number of aryl methyl sites for hydroxylation is 2. The van der Waals surface area contributed by atoms with Gasteiger partial charge in [0.25, 0.3) is 0 Å². The lowest BCUT2D eigenvalue weighted by atomic mass is 10.2. The van der Waals surface area contributed by atoms with E-state index < -0.39 is 0 Å². The van der Waals surface area contributed by atoms with Crippen molar-refractivity contribution in [1.82, 2.24) is 10.3 Å². The fraction of sp³-hybridized carbons (Fsp3) is 0.471. The van der Waals surface area contributed by atoms with Crippen LogP contribution in [0, 0.1) is 6.92 Å². The Morgan fingerprint density at radius 2 is 1.86 bits per heavy atom. The zero-order chi connectivity index (χ0) is 15.2. The third-order valence-corrected chi connectivity index (χ3v) is 4.65. The smallest absolute Gasteiger partial charge is 0.190 e. The van der Waals surface area contributed by atoms with Crippen molar-refractivity contribution in [3.8, 4) is 0 Å². The molecule has 0 saturated carbocycles. The fourth-order valence-corrected chi connectivity index (χ4v) is 3.49. The monoisotopic (exact) mass is 303 g/mol. The van der Waals surface area contributed by atoms with Gasteiger partial charge in [-0.2, -0.15) is 0 Å². The standard InChI is InChI=1S/C17H25N3S/c1-5-15-16(12-18-6-2)21-17(19-15)20(7-3)14-10-8-13(4)9-11-14/h8-11,18H,5-7,12H2,1-4H3. The number of benzene rings is 1. The van der Waals surface area contributed by atoms with Gasteiger partial charge < -0.3 is 10.2 Å². The molecule has 0 amide bonds. The summed E-state index contributed by atoms with van der Waals surface area (Å²) in [6, 6.07) is 8.67. The van der Waals surface area contributed by atoms with Crippen LogP contribution in [0.25, 0.3) is 0 Å². The zero-order valence-electron chi connectivity index (χ0n) is 13.4. The molecule has 1 aromatic carbocycles. The Morgan fingerprint density at radius 1 is 1.14 bits per heavy atom. The molecule has 0 radical (unpaired) electrons. The molecule has 114 valence electrons. The lowest BCUT2D eigenvalue weighted by molar-refractivity contribution is 0.727. The maximum absolute atomic E-state index is 4.86. The van der Waals surface area contributed by atoms with Gasteiger partial charge in [0, 0.05) is 23.7 Å². The fourth-order valence-electron chi connectivity index (χ4n) is 2.29. The van der Waals surface area contributed by atoms with Gasteiger partial charge in [-0.3, -0.25) is 0 Å². The van der Waals surface area contributed by atoms with E-state index in [-0.39, 0.29) is 0 Å². The van der Waals surface area contributed by atoms with Crippen molar-refractivity contribution in [2.75, 3.05) is 18.0 Å². The van der Waals surface area contributed by atoms with E-state index in [4.69, 9.17) is 4.98 Å². The molecular weight excluding hydrogens is 278 g/mol. The van der Waals surface area contributed by atoms with Gasteiger partial charge in [-0.05, 0) is 38.9 Å². The van der Waals surface area contributed by atoms with Crippen molar-refractivity contribution in [2.45, 2.75) is 40.7 Å². The van der Waals surface area contributed by atoms with Crippen molar-refractivity contribution < 1.29 is 0 Å². The average Bonchev–Trinajstić information content (AvgIpc) is 2.91. The number of nitrogens with zero attached hydrogens (tertiary/aromatic N) is 2. The Kier molecular flexibility index (Phi) is 5.76. The van der Waals surface area contributed by atoms with Crippen molar-refractivity contribution in [3.05, 3.63) is 40.4 Å². The first-order chi connectivity index (χ1) is 10.2. The Balaban J connectivity index is 2.29. The van der Waals surface area contributed by atoms with E-state index in [2.05, 4.69) is 62.2 Å². The van der Waals surface area contributed by atoms with E-state index in [0.29, 0.717) is 0 Å². The number of thiazole rings is 1. The van der Waals surface area contributed by atoms with E-state index in [1.807, 2.05) is 11.3 Å². The lowest BCUT2D eigenvalue weighted by Gasteiger charge is -2.20. The number of rotatable bonds is 7. The van der Waals surface area contributed by atoms with Crippen LogP contribution in [-0.4, -0.2) is 18.1 Å². The molecule has 1 heterocycles. The van der Waals surface area contributed by atoms with E-state index in [1.54, 1.807) is 0 Å². The number of anilines is 2. The predicted octanol–water partition coefficient (Wildman–Crippen LogP) is 4.28. The van der Waals surface area contributed by atoms with Crippen LogP contribution in [0.5, 0.6) is 0 Å². The first-order valence-electron chi connectivity index (χ1n) is 7.73. The van der Waals surface area contributed by atoms with Gasteiger partial charge >= 0.3 is 0 Å². The van der Waals surface area contributed by atoms with Gasteiger partial charge in [0.2, 0.25) is 0 Å². The molecule has 3 nitrogen and oxygen atoms in total. The van der Waals surface area contributed by atoms with Gasteiger partial charge in [-0.15, -0.1) is 0 Å². The van der Waals surface area contributed by atoms with Crippen LogP contribution in [0.1, 0.15) is 36.9 Å². The predicted molar refractivity (Wildman–Crippen MR) is 92.7 cm³/mol. The first kappa shape index (κ1) is 16.0. The molecule has 0 aliphatic rings. The van der Waals surface area contributed by atoms with Crippen LogP contribution in [-0.2, 0) is 13.0 Å². The second-order valence-corrected chi connectivity index (χ2v) is 6.14. The second kappa shape index (κ2) is 7.57. The molecule has 1 N–H and O–H groups in total. The number of aromatic nitrogens is 1. The summed E-state index contributed by atoms with van der Waals surface area (Å²) in [7, 11) is 0. The zero-order valence-corrected chi connectivity index (χ0v) is 14.3. The Bertz CT molecular complexity index is 560. The minimum atomic E-state index is 0.919. The lowest BCUT2D eigenvalue weighted by Crippen LogP contribution is -2.15. The highest BCUT2D eigenvalue weighted by atomic mass is 32.1. The Labute approximate surface area is 132 Å². The minimum Gasteiger partial charge on any atom is -0.318 e. The highest BCUT2D eigenvalue weighted by Crippen LogP contribution is 2.32. The van der Waals surface area contributed by atoms with E-state index in [1.165, 1.54) is 21.8 Å². The largest absolute Gasteiger partial charge is 0.318 e. The highest BCUT2D eigenvalue weighted by molar-refractivity contribution is 7.15. The van der Waals surface area contributed by atoms with Gasteiger partial charge in [0.15, 0.2) is 5.13 Å². The molecule has 0 aliphatic carbocycles. The van der Waals surface area contributed by atoms with Gasteiger partial charge in [0.05, 0.1) is 5.69 Å². The normalized spacial score (nSPS) is 10.9. The summed E-state index contributed by atoms with van der Waals surface area (Å²) in [6.45, 7) is 11.5. The molecule has 4 heteroatoms. The van der Waals surface area contributed by atoms with Crippen LogP contribution in [0.15, 0.2) is 24.3 Å². The second-order valence-electron chi connectivity index (χ2n) is 5.08. The molecule has 0 spiro atoms. The molecule has 2 aromatic rings. The third kappa shape index (κ3) is 3.83. The first-order valence-corrected chi connectivity index (χ1v) is 8.54. The quantitative estimate of drug-likeness (QED) is 0.827. The summed E-state index contributed by atoms with van der Waals surface area (Å²) in [6.07, 6.45) is 0.989. The van der Waals surface area contributed by atoms with E-state index in [9.17, 15) is 0 Å². The highest BCUT2D eigenvalue weighted by Gasteiger charge is 2.15. The van der Waals surface area contributed by atoms with Crippen molar-refractivity contribution in [3.63, 3.8) is 0 Å². The number of hydrogen-bond donors (Lipinski definition) is 1. The molecule has 0 atom stereocenters. The summed E-state index contributed by atoms with van der Waals surface area (Å²) >= 11 is 1.81. The van der Waals surface area contributed by atoms with Crippen LogP contribution in [0.2, 0.25) is 0 Å². The molecule has 0 bridgehead atoms. The van der Waals surface area contributed by atoms with Crippen molar-refractivity contribution >= 4 is 22.2 Å². The Morgan fingerprint density at radius 3 is 2.43 bits per heavy atom. The Hall–Kier alpha value is -1.39. The van der Waals surface area contributed by atoms with E-state index >= 15 is 0 Å². The molecule has 0 aliphatic heterocycles. The SMILES string of the molecule is CCNCc1sc(N(CC)c2ccc(C)cc2)nc1CC. The summed E-state index contributed by atoms with van der Waals surface area (Å²) in [5, 5.41) is 4.51. The molecule has 0 saturated heterocycles. The van der Waals surface area contributed by atoms with Crippen molar-refractivity contribution in [1.29, 1.82) is 0 Å². The van der Waals surface area contributed by atoms with Gasteiger partial charge in [0.1, 0.15) is 0 Å². The van der Waals surface area contributed by atoms with Crippen LogP contribution in [0.3, 0.4) is 0 Å². The van der Waals surface area contributed by atoms with Crippen LogP contribution < -0.4 is 10.2 Å². The topological polar surface area (TPSA) is 28.2 Å². The minimum absolute atomic E-state index is 0.919. The van der Waals surface area contributed by atoms with Gasteiger partial charge in [-0.1, -0.05) is 42.9 Å². The van der Waals surface area contributed by atoms with Gasteiger partial charge in [-0.25, -0.2) is 4.98 Å². The molecule has 0 fully saturated rings. The third-order valence-electron chi connectivity index (χ3n) is 3.53. The molecule has 2 rings (SSSR count). The maximum atomic E-state index is 4.86. The molecular formula is C17H25N3S. The maximum Gasteiger partial charge on any atom is 0.190 e. The van der Waals surface area contributed by atoms with Crippen molar-refractivity contribution in [2.24, 2.45) is 0 Å². The summed E-state index contributed by atoms with van der Waals surface area (Å²) < 4.78 is 0. The number of hydrogen-bond acceptors (Lipinski definition) is 4. The summed E-state index contributed by atoms with van der Waals surface area (Å²) in [5.41, 5.74) is 3.73. The molecule has 0 unspecified atom stereocenters. The van der Waals surface area contributed by atoms with E-state index in [0.717, 1.165) is 31.2 Å².